The maximum atomic E-state index is 11.7. The number of hydrogen-bond donors (Lipinski definition) is 1. The molecule has 0 aliphatic carbocycles. The zero-order valence-electron chi connectivity index (χ0n) is 12.6. The Labute approximate surface area is 130 Å². The molecule has 1 N–H and O–H groups in total. The third kappa shape index (κ3) is 3.70. The van der Waals surface area contributed by atoms with E-state index in [4.69, 9.17) is 0 Å². The fraction of sp³-hybridized carbons (Fsp3) is 0.214. The molecule has 0 radical (unpaired) electrons. The highest BCUT2D eigenvalue weighted by Crippen LogP contribution is 2.11. The van der Waals surface area contributed by atoms with Gasteiger partial charge in [-0.3, -0.25) is 24.5 Å². The predicted molar refractivity (Wildman–Crippen MR) is 86.0 cm³/mol. The van der Waals surface area contributed by atoms with Crippen molar-refractivity contribution in [2.45, 2.75) is 6.92 Å². The molecule has 1 heterocycles. The van der Waals surface area contributed by atoms with E-state index in [2.05, 4.69) is 10.1 Å². The second kappa shape index (κ2) is 6.69. The smallest absolute Gasteiger partial charge is 0.292 e. The second-order valence-corrected chi connectivity index (χ2v) is 4.67. The Morgan fingerprint density at radius 1 is 1.35 bits per heavy atom. The summed E-state index contributed by atoms with van der Waals surface area (Å²) < 4.78 is 0.956. The Balaban J connectivity index is 2.27. The van der Waals surface area contributed by atoms with Crippen LogP contribution in [0.3, 0.4) is 0 Å². The largest absolute Gasteiger partial charge is 0.329 e. The van der Waals surface area contributed by atoms with Gasteiger partial charge in [0.05, 0.1) is 11.1 Å². The topological polar surface area (TPSA) is 114 Å². The van der Waals surface area contributed by atoms with Crippen LogP contribution in [0.4, 0.5) is 11.5 Å². The van der Waals surface area contributed by atoms with Crippen molar-refractivity contribution >= 4 is 17.7 Å². The Morgan fingerprint density at radius 3 is 2.52 bits per heavy atom. The molecule has 1 aromatic carbocycles. The molecule has 0 bridgehead atoms. The average Bonchev–Trinajstić information content (AvgIpc) is 2.53. The third-order valence-electron chi connectivity index (χ3n) is 3.16. The van der Waals surface area contributed by atoms with Crippen LogP contribution in [0.15, 0.2) is 45.0 Å². The molecule has 2 rings (SSSR count). The van der Waals surface area contributed by atoms with Crippen molar-refractivity contribution in [2.24, 2.45) is 12.1 Å². The number of nitro groups is 1. The van der Waals surface area contributed by atoms with Gasteiger partial charge in [-0.25, -0.2) is 9.80 Å². The number of aromatic amines is 1. The number of H-pyrrole nitrogens is 1. The first-order chi connectivity index (χ1) is 10.9. The summed E-state index contributed by atoms with van der Waals surface area (Å²) >= 11 is 0. The molecule has 9 nitrogen and oxygen atoms in total. The standard InChI is InChI=1S/C14H15N5O4/c1-3-18(12-8-13(20)17(2)14(21)16-12)15-9-10-4-6-11(7-5-10)19(22)23/h4-9H,3H2,1-2H3,(H,16,21)/b15-9-. The first-order valence-corrected chi connectivity index (χ1v) is 6.78. The molecular weight excluding hydrogens is 302 g/mol. The Hall–Kier alpha value is -3.23. The van der Waals surface area contributed by atoms with Crippen LogP contribution in [0.5, 0.6) is 0 Å². The molecule has 0 unspecified atom stereocenters. The normalized spacial score (nSPS) is 10.9. The second-order valence-electron chi connectivity index (χ2n) is 4.67. The SMILES string of the molecule is CCN(/N=C\c1ccc([N+](=O)[O-])cc1)c1cc(=O)n(C)c(=O)[nH]1. The van der Waals surface area contributed by atoms with Crippen LogP contribution in [0, 0.1) is 10.1 Å². The van der Waals surface area contributed by atoms with Crippen LogP contribution in [-0.2, 0) is 7.05 Å². The number of anilines is 1. The van der Waals surface area contributed by atoms with Crippen molar-refractivity contribution in [1.29, 1.82) is 0 Å². The van der Waals surface area contributed by atoms with E-state index >= 15 is 0 Å². The fourth-order valence-electron chi connectivity index (χ4n) is 1.82. The van der Waals surface area contributed by atoms with Crippen LogP contribution in [0.2, 0.25) is 0 Å². The lowest BCUT2D eigenvalue weighted by Crippen LogP contribution is -2.34. The molecule has 0 aliphatic heterocycles. The van der Waals surface area contributed by atoms with Gasteiger partial charge < -0.3 is 0 Å². The first kappa shape index (κ1) is 16.1. The fourth-order valence-corrected chi connectivity index (χ4v) is 1.82. The minimum absolute atomic E-state index is 0.00890. The number of non-ortho nitro benzene ring substituents is 1. The molecule has 0 aliphatic rings. The van der Waals surface area contributed by atoms with Crippen molar-refractivity contribution in [3.8, 4) is 0 Å². The maximum absolute atomic E-state index is 11.7. The molecule has 1 aromatic heterocycles. The molecule has 120 valence electrons. The number of nitrogens with zero attached hydrogens (tertiary/aromatic N) is 4. The van der Waals surface area contributed by atoms with Crippen LogP contribution in [0.25, 0.3) is 0 Å². The molecule has 0 atom stereocenters. The zero-order chi connectivity index (χ0) is 17.0. The van der Waals surface area contributed by atoms with Gasteiger partial charge in [-0.15, -0.1) is 0 Å². The molecule has 9 heteroatoms. The van der Waals surface area contributed by atoms with Crippen molar-refractivity contribution in [2.75, 3.05) is 11.6 Å². The number of rotatable bonds is 5. The Kier molecular flexibility index (Phi) is 4.69. The van der Waals surface area contributed by atoms with Gasteiger partial charge in [0.15, 0.2) is 0 Å². The first-order valence-electron chi connectivity index (χ1n) is 6.78. The summed E-state index contributed by atoms with van der Waals surface area (Å²) in [6.07, 6.45) is 1.49. The van der Waals surface area contributed by atoms with Crippen LogP contribution in [0.1, 0.15) is 12.5 Å². The Morgan fingerprint density at radius 2 is 2.00 bits per heavy atom. The van der Waals surface area contributed by atoms with Crippen molar-refractivity contribution in [3.05, 3.63) is 66.8 Å². The number of hydrazone groups is 1. The average molecular weight is 317 g/mol. The summed E-state index contributed by atoms with van der Waals surface area (Å²) in [4.78, 5) is 36.0. The summed E-state index contributed by atoms with van der Waals surface area (Å²) in [6, 6.07) is 7.14. The van der Waals surface area contributed by atoms with E-state index in [0.29, 0.717) is 12.1 Å². The number of nitrogens with one attached hydrogen (secondary N) is 1. The summed E-state index contributed by atoms with van der Waals surface area (Å²) in [5.41, 5.74) is -0.324. The molecule has 0 amide bonds. The van der Waals surface area contributed by atoms with Crippen molar-refractivity contribution in [1.82, 2.24) is 9.55 Å². The molecule has 0 saturated heterocycles. The van der Waals surface area contributed by atoms with E-state index in [-0.39, 0.29) is 11.5 Å². The lowest BCUT2D eigenvalue weighted by molar-refractivity contribution is -0.384. The van der Waals surface area contributed by atoms with Crippen molar-refractivity contribution < 1.29 is 4.92 Å². The lowest BCUT2D eigenvalue weighted by atomic mass is 10.2. The predicted octanol–water partition coefficient (Wildman–Crippen LogP) is 0.842. The van der Waals surface area contributed by atoms with Gasteiger partial charge in [0, 0.05) is 31.8 Å². The molecule has 0 saturated carbocycles. The summed E-state index contributed by atoms with van der Waals surface area (Å²) in [5.74, 6) is 0.277. The van der Waals surface area contributed by atoms with E-state index in [9.17, 15) is 19.7 Å². The van der Waals surface area contributed by atoms with Crippen LogP contribution in [-0.4, -0.2) is 27.2 Å². The molecule has 0 fully saturated rings. The summed E-state index contributed by atoms with van der Waals surface area (Å²) in [5, 5.41) is 16.2. The van der Waals surface area contributed by atoms with Gasteiger partial charge in [-0.05, 0) is 24.6 Å². The summed E-state index contributed by atoms with van der Waals surface area (Å²) in [6.45, 7) is 2.23. The number of nitro benzene ring substituents is 1. The van der Waals surface area contributed by atoms with Crippen LogP contribution < -0.4 is 16.3 Å². The molecule has 0 spiro atoms. The van der Waals surface area contributed by atoms with Gasteiger partial charge >= 0.3 is 5.69 Å². The van der Waals surface area contributed by atoms with Gasteiger partial charge in [0.2, 0.25) is 0 Å². The number of hydrogen-bond acceptors (Lipinski definition) is 6. The highest BCUT2D eigenvalue weighted by atomic mass is 16.6. The number of benzene rings is 1. The highest BCUT2D eigenvalue weighted by molar-refractivity contribution is 5.80. The summed E-state index contributed by atoms with van der Waals surface area (Å²) in [7, 11) is 1.38. The maximum Gasteiger partial charge on any atom is 0.329 e. The molecule has 2 aromatic rings. The lowest BCUT2D eigenvalue weighted by Gasteiger charge is -2.16. The van der Waals surface area contributed by atoms with Crippen molar-refractivity contribution in [3.63, 3.8) is 0 Å². The number of aromatic nitrogens is 2. The molecular formula is C14H15N5O4. The molecule has 23 heavy (non-hydrogen) atoms. The minimum atomic E-state index is -0.531. The third-order valence-corrected chi connectivity index (χ3v) is 3.16. The van der Waals surface area contributed by atoms with Gasteiger partial charge in [-0.2, -0.15) is 5.10 Å². The highest BCUT2D eigenvalue weighted by Gasteiger charge is 2.07. The van der Waals surface area contributed by atoms with E-state index in [1.807, 2.05) is 6.92 Å². The minimum Gasteiger partial charge on any atom is -0.292 e. The Bertz CT molecular complexity index is 819. The quantitative estimate of drug-likeness (QED) is 0.499. The van der Waals surface area contributed by atoms with Crippen LogP contribution >= 0.6 is 0 Å². The van der Waals surface area contributed by atoms with E-state index in [1.165, 1.54) is 36.5 Å². The van der Waals surface area contributed by atoms with Gasteiger partial charge in [-0.1, -0.05) is 0 Å². The van der Waals surface area contributed by atoms with Gasteiger partial charge in [0.1, 0.15) is 5.82 Å². The van der Waals surface area contributed by atoms with E-state index in [0.717, 1.165) is 4.57 Å². The van der Waals surface area contributed by atoms with E-state index in [1.54, 1.807) is 12.1 Å². The zero-order valence-corrected chi connectivity index (χ0v) is 12.6. The van der Waals surface area contributed by atoms with E-state index < -0.39 is 16.2 Å². The van der Waals surface area contributed by atoms with Gasteiger partial charge in [0.25, 0.3) is 11.2 Å². The monoisotopic (exact) mass is 317 g/mol.